The van der Waals surface area contributed by atoms with Gasteiger partial charge in [-0.2, -0.15) is 0 Å². The molecule has 1 aliphatic heterocycles. The normalized spacial score (nSPS) is 21.3. The minimum absolute atomic E-state index is 0.0653. The maximum Gasteiger partial charge on any atom is 0.186 e. The summed E-state index contributed by atoms with van der Waals surface area (Å²) >= 11 is 1.55. The van der Waals surface area contributed by atoms with Gasteiger partial charge in [-0.1, -0.05) is 39.0 Å². The third-order valence-electron chi connectivity index (χ3n) is 3.75. The summed E-state index contributed by atoms with van der Waals surface area (Å²) in [5.74, 6) is 0.803. The van der Waals surface area contributed by atoms with E-state index in [9.17, 15) is 4.79 Å². The Morgan fingerprint density at radius 2 is 2.05 bits per heavy atom. The van der Waals surface area contributed by atoms with Crippen LogP contribution in [0.4, 0.5) is 5.13 Å². The molecule has 19 heavy (non-hydrogen) atoms. The van der Waals surface area contributed by atoms with E-state index in [1.165, 1.54) is 19.3 Å². The van der Waals surface area contributed by atoms with Crippen LogP contribution >= 0.6 is 11.3 Å². The molecule has 1 unspecified atom stereocenters. The van der Waals surface area contributed by atoms with E-state index in [0.717, 1.165) is 41.0 Å². The number of hydrogen-bond acceptors (Lipinski definition) is 4. The number of hydrogen-bond donors (Lipinski definition) is 0. The predicted molar refractivity (Wildman–Crippen MR) is 81.4 cm³/mol. The summed E-state index contributed by atoms with van der Waals surface area (Å²) in [6, 6.07) is 0. The fraction of sp³-hybridized carbons (Fsp3) is 0.733. The molecule has 106 valence electrons. The average Bonchev–Trinajstić information content (AvgIpc) is 2.66. The minimum atomic E-state index is -0.0653. The molecule has 2 rings (SSSR count). The lowest BCUT2D eigenvalue weighted by Gasteiger charge is -2.20. The number of carbonyl (C=O) groups excluding carboxylic acids is 1. The molecule has 4 heteroatoms. The largest absolute Gasteiger partial charge is 0.348 e. The molecule has 1 aromatic heterocycles. The molecule has 1 aliphatic rings. The number of nitrogens with zero attached hydrogens (tertiary/aromatic N) is 2. The van der Waals surface area contributed by atoms with Crippen LogP contribution in [0.1, 0.15) is 62.3 Å². The van der Waals surface area contributed by atoms with Gasteiger partial charge < -0.3 is 4.90 Å². The zero-order chi connectivity index (χ0) is 14.0. The summed E-state index contributed by atoms with van der Waals surface area (Å²) in [6.07, 6.45) is 4.71. The molecule has 0 bridgehead atoms. The van der Waals surface area contributed by atoms with Crippen molar-refractivity contribution >= 4 is 22.8 Å². The second-order valence-electron chi connectivity index (χ2n) is 6.60. The summed E-state index contributed by atoms with van der Waals surface area (Å²) in [5.41, 5.74) is 0.879. The van der Waals surface area contributed by atoms with E-state index < -0.39 is 0 Å². The Balaban J connectivity index is 2.25. The van der Waals surface area contributed by atoms with Crippen molar-refractivity contribution in [3.8, 4) is 0 Å². The molecule has 0 radical (unpaired) electrons. The van der Waals surface area contributed by atoms with E-state index in [1.54, 1.807) is 11.3 Å². The van der Waals surface area contributed by atoms with Crippen LogP contribution in [-0.2, 0) is 5.41 Å². The van der Waals surface area contributed by atoms with E-state index in [4.69, 9.17) is 4.98 Å². The topological polar surface area (TPSA) is 33.2 Å². The Bertz CT molecular complexity index is 447. The van der Waals surface area contributed by atoms with Crippen molar-refractivity contribution in [2.75, 3.05) is 18.0 Å². The van der Waals surface area contributed by atoms with Gasteiger partial charge in [0.2, 0.25) is 0 Å². The van der Waals surface area contributed by atoms with Crippen LogP contribution in [-0.4, -0.2) is 24.4 Å². The lowest BCUT2D eigenvalue weighted by atomic mass is 9.91. The molecule has 0 amide bonds. The number of aldehydes is 1. The highest BCUT2D eigenvalue weighted by molar-refractivity contribution is 7.17. The second-order valence-corrected chi connectivity index (χ2v) is 7.61. The van der Waals surface area contributed by atoms with Crippen LogP contribution in [0.15, 0.2) is 0 Å². The highest BCUT2D eigenvalue weighted by Crippen LogP contribution is 2.34. The zero-order valence-electron chi connectivity index (χ0n) is 12.4. The van der Waals surface area contributed by atoms with Crippen molar-refractivity contribution in [2.45, 2.75) is 52.4 Å². The first-order valence-electron chi connectivity index (χ1n) is 7.13. The van der Waals surface area contributed by atoms with E-state index in [-0.39, 0.29) is 5.41 Å². The molecule has 1 aromatic rings. The number of anilines is 1. The fourth-order valence-electron chi connectivity index (χ4n) is 2.53. The van der Waals surface area contributed by atoms with Crippen LogP contribution in [0.5, 0.6) is 0 Å². The summed E-state index contributed by atoms with van der Waals surface area (Å²) in [5, 5.41) is 1.03. The number of carbonyl (C=O) groups is 1. The van der Waals surface area contributed by atoms with Gasteiger partial charge in [-0.15, -0.1) is 0 Å². The molecule has 0 aliphatic carbocycles. The molecule has 0 N–H and O–H groups in total. The highest BCUT2D eigenvalue weighted by Gasteiger charge is 2.25. The zero-order valence-corrected chi connectivity index (χ0v) is 13.2. The third kappa shape index (κ3) is 3.35. The van der Waals surface area contributed by atoms with Gasteiger partial charge in [-0.25, -0.2) is 4.98 Å². The number of thiazole rings is 1. The average molecular weight is 280 g/mol. The van der Waals surface area contributed by atoms with Gasteiger partial charge in [0.25, 0.3) is 0 Å². The Hall–Kier alpha value is -0.900. The van der Waals surface area contributed by atoms with Crippen molar-refractivity contribution in [2.24, 2.45) is 5.92 Å². The van der Waals surface area contributed by atoms with E-state index in [2.05, 4.69) is 32.6 Å². The lowest BCUT2D eigenvalue weighted by molar-refractivity contribution is 0.112. The SMILES string of the molecule is CC1CCCN(c2nc(C(C)(C)C)c(C=O)s2)CC1. The summed E-state index contributed by atoms with van der Waals surface area (Å²) in [4.78, 5) is 19.1. The van der Waals surface area contributed by atoms with Crippen LogP contribution < -0.4 is 4.90 Å². The van der Waals surface area contributed by atoms with Crippen molar-refractivity contribution in [3.63, 3.8) is 0 Å². The Morgan fingerprint density at radius 1 is 1.32 bits per heavy atom. The van der Waals surface area contributed by atoms with Gasteiger partial charge >= 0.3 is 0 Å². The third-order valence-corrected chi connectivity index (χ3v) is 4.79. The molecule has 0 saturated carbocycles. The van der Waals surface area contributed by atoms with Crippen molar-refractivity contribution in [1.29, 1.82) is 0 Å². The van der Waals surface area contributed by atoms with Crippen molar-refractivity contribution in [1.82, 2.24) is 4.98 Å². The van der Waals surface area contributed by atoms with Gasteiger partial charge in [-0.3, -0.25) is 4.79 Å². The van der Waals surface area contributed by atoms with E-state index in [1.807, 2.05) is 0 Å². The maximum atomic E-state index is 11.2. The van der Waals surface area contributed by atoms with Crippen LogP contribution in [0, 0.1) is 5.92 Å². The highest BCUT2D eigenvalue weighted by atomic mass is 32.1. The Kier molecular flexibility index (Phi) is 4.29. The predicted octanol–water partition coefficient (Wildman–Crippen LogP) is 3.88. The van der Waals surface area contributed by atoms with Crippen molar-refractivity contribution in [3.05, 3.63) is 10.6 Å². The summed E-state index contributed by atoms with van der Waals surface area (Å²) < 4.78 is 0. The Labute approximate surface area is 120 Å². The molecule has 3 nitrogen and oxygen atoms in total. The fourth-order valence-corrected chi connectivity index (χ4v) is 3.67. The first kappa shape index (κ1) is 14.5. The van der Waals surface area contributed by atoms with Gasteiger partial charge in [0.1, 0.15) is 0 Å². The van der Waals surface area contributed by atoms with Gasteiger partial charge in [0, 0.05) is 18.5 Å². The molecular formula is C15H24N2OS. The summed E-state index contributed by atoms with van der Waals surface area (Å²) in [6.45, 7) is 10.8. The van der Waals surface area contributed by atoms with Gasteiger partial charge in [0.05, 0.1) is 10.6 Å². The van der Waals surface area contributed by atoms with Gasteiger partial charge in [-0.05, 0) is 25.2 Å². The molecule has 0 aromatic carbocycles. The molecular weight excluding hydrogens is 256 g/mol. The molecule has 1 fully saturated rings. The van der Waals surface area contributed by atoms with Crippen molar-refractivity contribution < 1.29 is 4.79 Å². The van der Waals surface area contributed by atoms with E-state index in [0.29, 0.717) is 0 Å². The smallest absolute Gasteiger partial charge is 0.186 e. The molecule has 1 atom stereocenters. The molecule has 0 spiro atoms. The molecule has 1 saturated heterocycles. The number of aromatic nitrogens is 1. The second kappa shape index (κ2) is 5.61. The molecule has 2 heterocycles. The minimum Gasteiger partial charge on any atom is -0.348 e. The van der Waals surface area contributed by atoms with Crippen LogP contribution in [0.2, 0.25) is 0 Å². The van der Waals surface area contributed by atoms with Crippen LogP contribution in [0.25, 0.3) is 0 Å². The Morgan fingerprint density at radius 3 is 2.63 bits per heavy atom. The maximum absolute atomic E-state index is 11.2. The summed E-state index contributed by atoms with van der Waals surface area (Å²) in [7, 11) is 0. The van der Waals surface area contributed by atoms with Crippen LogP contribution in [0.3, 0.4) is 0 Å². The first-order valence-corrected chi connectivity index (χ1v) is 7.95. The standard InChI is InChI=1S/C15H24N2OS/c1-11-6-5-8-17(9-7-11)14-16-13(15(2,3)4)12(10-18)19-14/h10-11H,5-9H2,1-4H3. The quantitative estimate of drug-likeness (QED) is 0.771. The first-order chi connectivity index (χ1) is 8.91. The van der Waals surface area contributed by atoms with E-state index >= 15 is 0 Å². The monoisotopic (exact) mass is 280 g/mol. The number of rotatable bonds is 2. The lowest BCUT2D eigenvalue weighted by Crippen LogP contribution is -2.24. The van der Waals surface area contributed by atoms with Gasteiger partial charge in [0.15, 0.2) is 11.4 Å².